The number of nitrogens with zero attached hydrogens (tertiary/aromatic N) is 2. The number of ether oxygens (including phenoxy) is 2. The first-order valence-corrected chi connectivity index (χ1v) is 9.54. The number of halogens is 1. The van der Waals surface area contributed by atoms with E-state index in [-0.39, 0.29) is 0 Å². The van der Waals surface area contributed by atoms with Crippen LogP contribution in [0.3, 0.4) is 0 Å². The van der Waals surface area contributed by atoms with Crippen LogP contribution in [0.1, 0.15) is 33.3 Å². The molecule has 0 aliphatic rings. The van der Waals surface area contributed by atoms with Crippen LogP contribution in [0.15, 0.2) is 48.7 Å². The van der Waals surface area contributed by atoms with Crippen molar-refractivity contribution in [3.63, 3.8) is 0 Å². The van der Waals surface area contributed by atoms with Crippen molar-refractivity contribution in [1.29, 1.82) is 0 Å². The van der Waals surface area contributed by atoms with Gasteiger partial charge in [0.25, 0.3) is 11.8 Å². The summed E-state index contributed by atoms with van der Waals surface area (Å²) in [5.41, 5.74) is 6.82. The largest absolute Gasteiger partial charge is 0.493 e. The summed E-state index contributed by atoms with van der Waals surface area (Å²) in [6.07, 6.45) is 1.44. The molecule has 30 heavy (non-hydrogen) atoms. The van der Waals surface area contributed by atoms with Crippen LogP contribution >= 0.6 is 11.6 Å². The molecule has 0 aliphatic carbocycles. The Balaban J connectivity index is 1.68. The number of nitrogens with one attached hydrogen (secondary N) is 2. The van der Waals surface area contributed by atoms with Gasteiger partial charge in [-0.05, 0) is 56.3 Å². The van der Waals surface area contributed by atoms with E-state index in [1.165, 1.54) is 19.4 Å². The average Bonchev–Trinajstić information content (AvgIpc) is 3.14. The van der Waals surface area contributed by atoms with Gasteiger partial charge < -0.3 is 9.47 Å². The van der Waals surface area contributed by atoms with Gasteiger partial charge in [-0.15, -0.1) is 0 Å². The Morgan fingerprint density at radius 2 is 1.77 bits per heavy atom. The highest BCUT2D eigenvalue weighted by Crippen LogP contribution is 2.28. The Hall–Kier alpha value is -3.52. The second kappa shape index (κ2) is 9.32. The molecule has 1 heterocycles. The van der Waals surface area contributed by atoms with Gasteiger partial charge in [0.1, 0.15) is 0 Å². The molecule has 9 heteroatoms. The highest BCUT2D eigenvalue weighted by molar-refractivity contribution is 6.30. The van der Waals surface area contributed by atoms with Crippen LogP contribution in [0.2, 0.25) is 5.02 Å². The van der Waals surface area contributed by atoms with Crippen molar-refractivity contribution in [3.8, 4) is 17.2 Å². The van der Waals surface area contributed by atoms with Crippen LogP contribution in [-0.2, 0) is 0 Å². The first-order chi connectivity index (χ1) is 14.4. The predicted molar refractivity (Wildman–Crippen MR) is 112 cm³/mol. The molecule has 0 fully saturated rings. The molecule has 156 valence electrons. The summed E-state index contributed by atoms with van der Waals surface area (Å²) in [7, 11) is 1.49. The Morgan fingerprint density at radius 3 is 2.43 bits per heavy atom. The molecule has 0 aliphatic heterocycles. The number of hydrazine groups is 1. The van der Waals surface area contributed by atoms with E-state index in [1.807, 2.05) is 6.92 Å². The lowest BCUT2D eigenvalue weighted by molar-refractivity contribution is 0.0846. The third-order valence-corrected chi connectivity index (χ3v) is 4.59. The third-order valence-electron chi connectivity index (χ3n) is 4.34. The van der Waals surface area contributed by atoms with Gasteiger partial charge in [0.2, 0.25) is 0 Å². The van der Waals surface area contributed by atoms with Crippen molar-refractivity contribution in [2.45, 2.75) is 13.8 Å². The number of amides is 2. The van der Waals surface area contributed by atoms with Gasteiger partial charge in [0.05, 0.1) is 36.9 Å². The summed E-state index contributed by atoms with van der Waals surface area (Å²) >= 11 is 5.91. The number of hydrogen-bond acceptors (Lipinski definition) is 5. The molecule has 0 saturated carbocycles. The maximum absolute atomic E-state index is 12.5. The molecule has 2 N–H and O–H groups in total. The molecule has 0 spiro atoms. The second-order valence-electron chi connectivity index (χ2n) is 6.24. The summed E-state index contributed by atoms with van der Waals surface area (Å²) < 4.78 is 12.3. The summed E-state index contributed by atoms with van der Waals surface area (Å²) in [6.45, 7) is 4.09. The first-order valence-electron chi connectivity index (χ1n) is 9.16. The minimum atomic E-state index is -0.493. The smallest absolute Gasteiger partial charge is 0.273 e. The SMILES string of the molecule is CCOc1ccc(C(=O)NNC(=O)c2cnn(-c3ccc(Cl)cc3)c2C)cc1OC. The van der Waals surface area contributed by atoms with Crippen molar-refractivity contribution in [3.05, 3.63) is 70.5 Å². The quantitative estimate of drug-likeness (QED) is 0.587. The van der Waals surface area contributed by atoms with E-state index < -0.39 is 11.8 Å². The molecule has 3 aromatic rings. The van der Waals surface area contributed by atoms with Crippen LogP contribution in [-0.4, -0.2) is 35.3 Å². The number of benzene rings is 2. The second-order valence-corrected chi connectivity index (χ2v) is 6.68. The van der Waals surface area contributed by atoms with E-state index in [9.17, 15) is 9.59 Å². The molecule has 0 saturated heterocycles. The lowest BCUT2D eigenvalue weighted by Crippen LogP contribution is -2.41. The highest BCUT2D eigenvalue weighted by atomic mass is 35.5. The van der Waals surface area contributed by atoms with E-state index in [2.05, 4.69) is 16.0 Å². The lowest BCUT2D eigenvalue weighted by atomic mass is 10.2. The molecule has 3 rings (SSSR count). The van der Waals surface area contributed by atoms with Gasteiger partial charge in [-0.25, -0.2) is 4.68 Å². The molecule has 2 amide bonds. The maximum atomic E-state index is 12.5. The molecule has 0 radical (unpaired) electrons. The zero-order chi connectivity index (χ0) is 21.7. The molecule has 8 nitrogen and oxygen atoms in total. The lowest BCUT2D eigenvalue weighted by Gasteiger charge is -2.11. The highest BCUT2D eigenvalue weighted by Gasteiger charge is 2.17. The topological polar surface area (TPSA) is 94.5 Å². The number of methoxy groups -OCH3 is 1. The maximum Gasteiger partial charge on any atom is 0.273 e. The molecule has 0 unspecified atom stereocenters. The zero-order valence-corrected chi connectivity index (χ0v) is 17.5. The molecule has 0 atom stereocenters. The van der Waals surface area contributed by atoms with Crippen molar-refractivity contribution in [1.82, 2.24) is 20.6 Å². The number of aromatic nitrogens is 2. The van der Waals surface area contributed by atoms with Gasteiger partial charge >= 0.3 is 0 Å². The fraction of sp³-hybridized carbons (Fsp3) is 0.190. The average molecular weight is 429 g/mol. The number of rotatable bonds is 6. The molecular formula is C21H21ClN4O4. The minimum absolute atomic E-state index is 0.309. The van der Waals surface area contributed by atoms with E-state index in [1.54, 1.807) is 48.0 Å². The van der Waals surface area contributed by atoms with E-state index in [4.69, 9.17) is 21.1 Å². The van der Waals surface area contributed by atoms with Gasteiger partial charge in [-0.3, -0.25) is 20.4 Å². The van der Waals surface area contributed by atoms with Gasteiger partial charge in [0.15, 0.2) is 11.5 Å². The zero-order valence-electron chi connectivity index (χ0n) is 16.7. The van der Waals surface area contributed by atoms with E-state index in [0.29, 0.717) is 39.9 Å². The van der Waals surface area contributed by atoms with Gasteiger partial charge in [0, 0.05) is 10.6 Å². The van der Waals surface area contributed by atoms with Crippen LogP contribution in [0, 0.1) is 6.92 Å². The summed E-state index contributed by atoms with van der Waals surface area (Å²) in [5.74, 6) is -0.0202. The molecule has 0 bridgehead atoms. The van der Waals surface area contributed by atoms with Crippen molar-refractivity contribution >= 4 is 23.4 Å². The Bertz CT molecular complexity index is 1060. The van der Waals surface area contributed by atoms with E-state index in [0.717, 1.165) is 5.69 Å². The van der Waals surface area contributed by atoms with Crippen LogP contribution < -0.4 is 20.3 Å². The number of carbonyl (C=O) groups is 2. The minimum Gasteiger partial charge on any atom is -0.493 e. The third kappa shape index (κ3) is 4.55. The van der Waals surface area contributed by atoms with Gasteiger partial charge in [-0.2, -0.15) is 5.10 Å². The summed E-state index contributed by atoms with van der Waals surface area (Å²) in [6, 6.07) is 11.8. The van der Waals surface area contributed by atoms with Crippen LogP contribution in [0.25, 0.3) is 5.69 Å². The molecule has 1 aromatic heterocycles. The normalized spacial score (nSPS) is 10.4. The molecule has 2 aromatic carbocycles. The van der Waals surface area contributed by atoms with Crippen molar-refractivity contribution in [2.24, 2.45) is 0 Å². The van der Waals surface area contributed by atoms with Crippen molar-refractivity contribution < 1.29 is 19.1 Å². The Labute approximate surface area is 178 Å². The Morgan fingerprint density at radius 1 is 1.07 bits per heavy atom. The van der Waals surface area contributed by atoms with Crippen molar-refractivity contribution in [2.75, 3.05) is 13.7 Å². The summed E-state index contributed by atoms with van der Waals surface area (Å²) in [5, 5.41) is 4.85. The first kappa shape index (κ1) is 21.2. The summed E-state index contributed by atoms with van der Waals surface area (Å²) in [4.78, 5) is 24.9. The molecular weight excluding hydrogens is 408 g/mol. The van der Waals surface area contributed by atoms with Gasteiger partial charge in [-0.1, -0.05) is 11.6 Å². The van der Waals surface area contributed by atoms with Crippen LogP contribution in [0.5, 0.6) is 11.5 Å². The predicted octanol–water partition coefficient (Wildman–Crippen LogP) is 3.32. The Kier molecular flexibility index (Phi) is 6.58. The number of carbonyl (C=O) groups excluding carboxylic acids is 2. The van der Waals surface area contributed by atoms with E-state index >= 15 is 0 Å². The number of hydrogen-bond donors (Lipinski definition) is 2. The fourth-order valence-electron chi connectivity index (χ4n) is 2.81. The fourth-order valence-corrected chi connectivity index (χ4v) is 2.94. The monoisotopic (exact) mass is 428 g/mol. The standard InChI is InChI=1S/C21H21ClN4O4/c1-4-30-18-10-5-14(11-19(18)29-3)20(27)24-25-21(28)17-12-23-26(13(17)2)16-8-6-15(22)7-9-16/h5-12H,4H2,1-3H3,(H,24,27)(H,25,28). The van der Waals surface area contributed by atoms with Crippen LogP contribution in [0.4, 0.5) is 0 Å².